The van der Waals surface area contributed by atoms with Gasteiger partial charge in [-0.2, -0.15) is 0 Å². The third kappa shape index (κ3) is 6.16. The number of Topliss-reactive ketones (excluding diaryl/α,β-unsaturated/α-hetero) is 1. The van der Waals surface area contributed by atoms with Crippen LogP contribution in [-0.4, -0.2) is 24.0 Å². The molecule has 4 nitrogen and oxygen atoms in total. The van der Waals surface area contributed by atoms with E-state index in [0.717, 1.165) is 8.66 Å². The summed E-state index contributed by atoms with van der Waals surface area (Å²) < 4.78 is 6.03. The van der Waals surface area contributed by atoms with Crippen molar-refractivity contribution < 1.29 is 14.3 Å². The van der Waals surface area contributed by atoms with Crippen LogP contribution in [0.4, 0.5) is 4.79 Å². The van der Waals surface area contributed by atoms with Crippen LogP contribution in [0, 0.1) is 0 Å². The first-order valence-corrected chi connectivity index (χ1v) is 7.10. The number of rotatable bonds is 4. The van der Waals surface area contributed by atoms with Crippen molar-refractivity contribution in [2.24, 2.45) is 0 Å². The number of alkyl carbamates (subject to hydrolysis) is 1. The quantitative estimate of drug-likeness (QED) is 0.920. The van der Waals surface area contributed by atoms with Crippen molar-refractivity contribution in [3.05, 3.63) is 20.8 Å². The van der Waals surface area contributed by atoms with E-state index >= 15 is 0 Å². The summed E-state index contributed by atoms with van der Waals surface area (Å²) in [5.41, 5.74) is -0.550. The maximum Gasteiger partial charge on any atom is 0.408 e. The predicted octanol–water partition coefficient (Wildman–Crippen LogP) is 3.15. The molecule has 1 rings (SSSR count). The summed E-state index contributed by atoms with van der Waals surface area (Å²) in [7, 11) is 0. The molecule has 1 amide bonds. The van der Waals surface area contributed by atoms with E-state index in [2.05, 4.69) is 21.2 Å². The number of halogens is 1. The number of hydrogen-bond donors (Lipinski definition) is 1. The molecule has 1 aromatic heterocycles. The van der Waals surface area contributed by atoms with Crippen LogP contribution in [0.1, 0.15) is 25.6 Å². The molecule has 0 aliphatic carbocycles. The molecule has 1 aromatic rings. The highest BCUT2D eigenvalue weighted by Crippen LogP contribution is 2.22. The van der Waals surface area contributed by atoms with E-state index in [1.807, 2.05) is 12.1 Å². The molecule has 0 aromatic carbocycles. The van der Waals surface area contributed by atoms with E-state index in [0.29, 0.717) is 6.42 Å². The summed E-state index contributed by atoms with van der Waals surface area (Å²) in [6, 6.07) is 3.79. The summed E-state index contributed by atoms with van der Waals surface area (Å²) in [5.74, 6) is -0.0461. The monoisotopic (exact) mass is 333 g/mol. The molecule has 0 bridgehead atoms. The molecule has 6 heteroatoms. The van der Waals surface area contributed by atoms with Crippen molar-refractivity contribution in [2.75, 3.05) is 6.54 Å². The second-order valence-electron chi connectivity index (χ2n) is 4.78. The Morgan fingerprint density at radius 2 is 2.06 bits per heavy atom. The van der Waals surface area contributed by atoms with Gasteiger partial charge in [-0.25, -0.2) is 4.79 Å². The molecule has 0 saturated carbocycles. The highest BCUT2D eigenvalue weighted by molar-refractivity contribution is 9.11. The van der Waals surface area contributed by atoms with Crippen LogP contribution >= 0.6 is 27.3 Å². The summed E-state index contributed by atoms with van der Waals surface area (Å²) in [6.07, 6.45) is -0.241. The van der Waals surface area contributed by atoms with Crippen LogP contribution in [0.15, 0.2) is 15.9 Å². The second kappa shape index (κ2) is 6.33. The molecule has 1 heterocycles. The molecule has 0 aliphatic heterocycles. The zero-order valence-electron chi connectivity index (χ0n) is 10.6. The zero-order chi connectivity index (χ0) is 13.8. The van der Waals surface area contributed by atoms with Gasteiger partial charge in [-0.1, -0.05) is 0 Å². The van der Waals surface area contributed by atoms with Gasteiger partial charge >= 0.3 is 6.09 Å². The van der Waals surface area contributed by atoms with E-state index in [9.17, 15) is 9.59 Å². The van der Waals surface area contributed by atoms with Gasteiger partial charge < -0.3 is 10.1 Å². The van der Waals surface area contributed by atoms with Gasteiger partial charge in [0.2, 0.25) is 0 Å². The van der Waals surface area contributed by atoms with Crippen molar-refractivity contribution in [1.82, 2.24) is 5.32 Å². The Balaban J connectivity index is 2.31. The summed E-state index contributed by atoms with van der Waals surface area (Å²) in [6.45, 7) is 5.32. The summed E-state index contributed by atoms with van der Waals surface area (Å²) in [4.78, 5) is 23.9. The first-order valence-electron chi connectivity index (χ1n) is 5.49. The Hall–Kier alpha value is -0.880. The van der Waals surface area contributed by atoms with Crippen LogP contribution in [0.25, 0.3) is 0 Å². The summed E-state index contributed by atoms with van der Waals surface area (Å²) >= 11 is 4.85. The Labute approximate surface area is 119 Å². The van der Waals surface area contributed by atoms with E-state index in [1.165, 1.54) is 11.3 Å². The fourth-order valence-corrected chi connectivity index (χ4v) is 2.70. The average molecular weight is 334 g/mol. The molecular formula is C12H16BrNO3S. The Morgan fingerprint density at radius 3 is 2.56 bits per heavy atom. The van der Waals surface area contributed by atoms with Crippen molar-refractivity contribution in [3.8, 4) is 0 Å². The maximum absolute atomic E-state index is 11.6. The fraction of sp³-hybridized carbons (Fsp3) is 0.500. The number of hydrogen-bond acceptors (Lipinski definition) is 4. The molecule has 0 fully saturated rings. The molecule has 0 unspecified atom stereocenters. The Bertz CT molecular complexity index is 437. The normalized spacial score (nSPS) is 11.1. The third-order valence-corrected chi connectivity index (χ3v) is 3.45. The fourth-order valence-electron chi connectivity index (χ4n) is 1.19. The molecule has 0 radical (unpaired) electrons. The van der Waals surface area contributed by atoms with Crippen LogP contribution in [0.2, 0.25) is 0 Å². The second-order valence-corrected chi connectivity index (χ2v) is 7.32. The molecular weight excluding hydrogens is 318 g/mol. The van der Waals surface area contributed by atoms with E-state index < -0.39 is 11.7 Å². The Morgan fingerprint density at radius 1 is 1.39 bits per heavy atom. The molecule has 0 atom stereocenters. The third-order valence-electron chi connectivity index (χ3n) is 1.83. The van der Waals surface area contributed by atoms with Gasteiger partial charge in [0.15, 0.2) is 5.78 Å². The van der Waals surface area contributed by atoms with Gasteiger partial charge in [0, 0.05) is 11.3 Å². The van der Waals surface area contributed by atoms with Crippen molar-refractivity contribution in [3.63, 3.8) is 0 Å². The van der Waals surface area contributed by atoms with Crippen molar-refractivity contribution in [1.29, 1.82) is 0 Å². The molecule has 100 valence electrons. The minimum Gasteiger partial charge on any atom is -0.444 e. The van der Waals surface area contributed by atoms with E-state index in [-0.39, 0.29) is 12.3 Å². The van der Waals surface area contributed by atoms with Crippen LogP contribution in [0.3, 0.4) is 0 Å². The topological polar surface area (TPSA) is 55.4 Å². The predicted molar refractivity (Wildman–Crippen MR) is 75.0 cm³/mol. The number of carbonyl (C=O) groups is 2. The van der Waals surface area contributed by atoms with Crippen molar-refractivity contribution in [2.45, 2.75) is 32.8 Å². The lowest BCUT2D eigenvalue weighted by molar-refractivity contribution is -0.117. The van der Waals surface area contributed by atoms with Crippen LogP contribution in [0.5, 0.6) is 0 Å². The number of ether oxygens (including phenoxy) is 1. The molecule has 1 N–H and O–H groups in total. The SMILES string of the molecule is CC(C)(C)OC(=O)NCC(=O)Cc1ccc(Br)s1. The van der Waals surface area contributed by atoms with Gasteiger partial charge in [-0.3, -0.25) is 4.79 Å². The summed E-state index contributed by atoms with van der Waals surface area (Å²) in [5, 5.41) is 2.45. The molecule has 0 saturated heterocycles. The first kappa shape index (κ1) is 15.2. The standard InChI is InChI=1S/C12H16BrNO3S/c1-12(2,3)17-11(16)14-7-8(15)6-9-4-5-10(13)18-9/h4-5H,6-7H2,1-3H3,(H,14,16). The highest BCUT2D eigenvalue weighted by Gasteiger charge is 2.16. The van der Waals surface area contributed by atoms with Crippen molar-refractivity contribution >= 4 is 39.1 Å². The number of thiophene rings is 1. The lowest BCUT2D eigenvalue weighted by atomic mass is 10.2. The van der Waals surface area contributed by atoms with Gasteiger partial charge in [0.1, 0.15) is 5.60 Å². The van der Waals surface area contributed by atoms with E-state index in [1.54, 1.807) is 20.8 Å². The van der Waals surface area contributed by atoms with Crippen LogP contribution in [-0.2, 0) is 16.0 Å². The molecule has 0 spiro atoms. The lowest BCUT2D eigenvalue weighted by Gasteiger charge is -2.19. The zero-order valence-corrected chi connectivity index (χ0v) is 13.0. The van der Waals surface area contributed by atoms with Crippen LogP contribution < -0.4 is 5.32 Å². The number of carbonyl (C=O) groups excluding carboxylic acids is 2. The van der Waals surface area contributed by atoms with Gasteiger partial charge in [0.05, 0.1) is 10.3 Å². The molecule has 0 aliphatic rings. The number of nitrogens with one attached hydrogen (secondary N) is 1. The van der Waals surface area contributed by atoms with Gasteiger partial charge in [-0.05, 0) is 48.8 Å². The van der Waals surface area contributed by atoms with Gasteiger partial charge in [0.25, 0.3) is 0 Å². The maximum atomic E-state index is 11.6. The highest BCUT2D eigenvalue weighted by atomic mass is 79.9. The minimum atomic E-state index is -0.566. The largest absolute Gasteiger partial charge is 0.444 e. The number of amides is 1. The van der Waals surface area contributed by atoms with Gasteiger partial charge in [-0.15, -0.1) is 11.3 Å². The first-order chi connectivity index (χ1) is 8.26. The smallest absolute Gasteiger partial charge is 0.408 e. The number of ketones is 1. The molecule has 18 heavy (non-hydrogen) atoms. The average Bonchev–Trinajstić information content (AvgIpc) is 2.58. The van der Waals surface area contributed by atoms with E-state index in [4.69, 9.17) is 4.74 Å². The Kier molecular flexibility index (Phi) is 5.34. The minimum absolute atomic E-state index is 0.00949. The lowest BCUT2D eigenvalue weighted by Crippen LogP contribution is -2.35.